The summed E-state index contributed by atoms with van der Waals surface area (Å²) < 4.78 is 0.596. The highest BCUT2D eigenvalue weighted by molar-refractivity contribution is 8.26. The number of allylic oxidation sites excluding steroid dienone is 2. The third-order valence-corrected chi connectivity index (χ3v) is 7.42. The van der Waals surface area contributed by atoms with Crippen molar-refractivity contribution in [3.63, 3.8) is 0 Å². The van der Waals surface area contributed by atoms with Gasteiger partial charge < -0.3 is 4.90 Å². The van der Waals surface area contributed by atoms with Crippen molar-refractivity contribution in [2.24, 2.45) is 0 Å². The first kappa shape index (κ1) is 20.0. The lowest BCUT2D eigenvalue weighted by atomic mass is 10.1. The standard InChI is InChI=1S/C23H20N2OS3/c1-3-25-19(15-14-18-22(26)24(2)23(27)28-18)29-21(17-12-8-5-9-13-17)20(25)16-10-6-4-7-11-16/h4-15H,3H2,1-2H3/b18-14+,19-15+. The Labute approximate surface area is 185 Å². The maximum Gasteiger partial charge on any atom is 0.265 e. The fourth-order valence-electron chi connectivity index (χ4n) is 3.25. The van der Waals surface area contributed by atoms with E-state index in [9.17, 15) is 4.79 Å². The normalized spacial score (nSPS) is 19.9. The highest BCUT2D eigenvalue weighted by Crippen LogP contribution is 2.50. The molecule has 146 valence electrons. The van der Waals surface area contributed by atoms with Gasteiger partial charge in [-0.25, -0.2) is 0 Å². The van der Waals surface area contributed by atoms with Crippen molar-refractivity contribution in [3.8, 4) is 0 Å². The Hall–Kier alpha value is -2.28. The van der Waals surface area contributed by atoms with Crippen LogP contribution in [0, 0.1) is 0 Å². The SMILES string of the molecule is CCN1C(c2ccccc2)=C(c2ccccc2)S/C1=C/C=C1/SC(=S)N(C)C1=O. The van der Waals surface area contributed by atoms with Crippen LogP contribution in [0.3, 0.4) is 0 Å². The molecule has 1 fully saturated rings. The number of likely N-dealkylation sites (N-methyl/N-ethyl adjacent to an activating group) is 1. The van der Waals surface area contributed by atoms with Crippen LogP contribution in [0.1, 0.15) is 18.1 Å². The Balaban J connectivity index is 1.77. The van der Waals surface area contributed by atoms with Crippen LogP contribution in [0.25, 0.3) is 10.6 Å². The van der Waals surface area contributed by atoms with Gasteiger partial charge in [-0.1, -0.05) is 96.4 Å². The van der Waals surface area contributed by atoms with Crippen LogP contribution in [-0.4, -0.2) is 33.6 Å². The van der Waals surface area contributed by atoms with E-state index < -0.39 is 0 Å². The quantitative estimate of drug-likeness (QED) is 0.445. The maximum atomic E-state index is 12.3. The van der Waals surface area contributed by atoms with Crippen molar-refractivity contribution in [2.45, 2.75) is 6.92 Å². The van der Waals surface area contributed by atoms with Crippen LogP contribution in [0.2, 0.25) is 0 Å². The molecule has 0 spiro atoms. The molecule has 6 heteroatoms. The zero-order chi connectivity index (χ0) is 20.4. The van der Waals surface area contributed by atoms with Gasteiger partial charge in [-0.2, -0.15) is 0 Å². The smallest absolute Gasteiger partial charge is 0.265 e. The van der Waals surface area contributed by atoms with Crippen molar-refractivity contribution < 1.29 is 4.79 Å². The lowest BCUT2D eigenvalue weighted by Gasteiger charge is -2.21. The van der Waals surface area contributed by atoms with E-state index >= 15 is 0 Å². The number of benzene rings is 2. The molecule has 2 aliphatic heterocycles. The number of thioether (sulfide) groups is 2. The molecule has 1 amide bonds. The third-order valence-electron chi connectivity index (χ3n) is 4.72. The molecule has 3 nitrogen and oxygen atoms in total. The molecule has 2 aromatic carbocycles. The minimum absolute atomic E-state index is 0.0394. The molecule has 0 aromatic heterocycles. The van der Waals surface area contributed by atoms with Gasteiger partial charge in [0, 0.05) is 18.5 Å². The van der Waals surface area contributed by atoms with Gasteiger partial charge in [0.05, 0.1) is 15.6 Å². The summed E-state index contributed by atoms with van der Waals surface area (Å²) in [7, 11) is 1.72. The molecule has 2 aliphatic rings. The summed E-state index contributed by atoms with van der Waals surface area (Å²) in [5, 5.41) is 1.10. The summed E-state index contributed by atoms with van der Waals surface area (Å²) in [6.45, 7) is 2.98. The van der Waals surface area contributed by atoms with Crippen LogP contribution >= 0.6 is 35.7 Å². The van der Waals surface area contributed by atoms with Crippen LogP contribution < -0.4 is 0 Å². The molecular weight excluding hydrogens is 416 g/mol. The van der Waals surface area contributed by atoms with Gasteiger partial charge in [0.15, 0.2) is 0 Å². The maximum absolute atomic E-state index is 12.3. The summed E-state index contributed by atoms with van der Waals surface area (Å²) in [5.74, 6) is -0.0394. The summed E-state index contributed by atoms with van der Waals surface area (Å²) in [5.41, 5.74) is 3.58. The van der Waals surface area contributed by atoms with Gasteiger partial charge >= 0.3 is 0 Å². The Kier molecular flexibility index (Phi) is 5.94. The van der Waals surface area contributed by atoms with E-state index in [4.69, 9.17) is 12.2 Å². The zero-order valence-corrected chi connectivity index (χ0v) is 18.6. The Morgan fingerprint density at radius 3 is 2.10 bits per heavy atom. The molecule has 0 radical (unpaired) electrons. The first-order valence-corrected chi connectivity index (χ1v) is 11.4. The first-order chi connectivity index (χ1) is 14.1. The third kappa shape index (κ3) is 3.92. The van der Waals surface area contributed by atoms with Gasteiger partial charge in [-0.3, -0.25) is 9.69 Å². The summed E-state index contributed by atoms with van der Waals surface area (Å²) >= 11 is 8.33. The van der Waals surface area contributed by atoms with Crippen LogP contribution in [-0.2, 0) is 4.79 Å². The second-order valence-electron chi connectivity index (χ2n) is 6.52. The fourth-order valence-corrected chi connectivity index (χ4v) is 5.63. The van der Waals surface area contributed by atoms with Crippen molar-refractivity contribution in [3.05, 3.63) is 93.9 Å². The number of hydrogen-bond donors (Lipinski definition) is 0. The number of carbonyl (C=O) groups excluding carboxylic acids is 1. The van der Waals surface area contributed by atoms with Crippen LogP contribution in [0.15, 0.2) is 82.7 Å². The Bertz CT molecular complexity index is 1040. The van der Waals surface area contributed by atoms with Crippen molar-refractivity contribution in [2.75, 3.05) is 13.6 Å². The Morgan fingerprint density at radius 1 is 0.931 bits per heavy atom. The fraction of sp³-hybridized carbons (Fsp3) is 0.130. The Morgan fingerprint density at radius 2 is 1.55 bits per heavy atom. The predicted molar refractivity (Wildman–Crippen MR) is 129 cm³/mol. The van der Waals surface area contributed by atoms with Crippen LogP contribution in [0.5, 0.6) is 0 Å². The topological polar surface area (TPSA) is 23.6 Å². The average molecular weight is 437 g/mol. The van der Waals surface area contributed by atoms with Gasteiger partial charge in [0.25, 0.3) is 5.91 Å². The minimum atomic E-state index is -0.0394. The van der Waals surface area contributed by atoms with Gasteiger partial charge in [0.2, 0.25) is 0 Å². The molecule has 0 aliphatic carbocycles. The van der Waals surface area contributed by atoms with Gasteiger partial charge in [-0.15, -0.1) is 0 Å². The van der Waals surface area contributed by atoms with E-state index in [1.165, 1.54) is 38.4 Å². The molecule has 0 N–H and O–H groups in total. The van der Waals surface area contributed by atoms with Crippen molar-refractivity contribution >= 4 is 56.6 Å². The molecule has 0 atom stereocenters. The first-order valence-electron chi connectivity index (χ1n) is 9.32. The minimum Gasteiger partial charge on any atom is -0.335 e. The number of nitrogens with zero attached hydrogens (tertiary/aromatic N) is 2. The number of carbonyl (C=O) groups is 1. The molecular formula is C23H20N2OS3. The highest BCUT2D eigenvalue weighted by atomic mass is 32.2. The second-order valence-corrected chi connectivity index (χ2v) is 9.23. The van der Waals surface area contributed by atoms with E-state index in [1.807, 2.05) is 24.3 Å². The summed E-state index contributed by atoms with van der Waals surface area (Å²) in [6.07, 6.45) is 3.93. The van der Waals surface area contributed by atoms with Crippen molar-refractivity contribution in [1.29, 1.82) is 0 Å². The molecule has 0 bridgehead atoms. The molecule has 0 unspecified atom stereocenters. The van der Waals surface area contributed by atoms with Gasteiger partial charge in [-0.05, 0) is 30.2 Å². The molecule has 1 saturated heterocycles. The summed E-state index contributed by atoms with van der Waals surface area (Å²) in [4.78, 5) is 18.1. The second kappa shape index (κ2) is 8.61. The number of thiocarbonyl (C=S) groups is 1. The molecule has 2 aromatic rings. The zero-order valence-electron chi connectivity index (χ0n) is 16.2. The molecule has 29 heavy (non-hydrogen) atoms. The average Bonchev–Trinajstić information content (AvgIpc) is 3.25. The number of amides is 1. The largest absolute Gasteiger partial charge is 0.335 e. The van der Waals surface area contributed by atoms with E-state index in [0.717, 1.165) is 11.6 Å². The van der Waals surface area contributed by atoms with Crippen molar-refractivity contribution in [1.82, 2.24) is 9.80 Å². The van der Waals surface area contributed by atoms with E-state index in [1.54, 1.807) is 18.8 Å². The summed E-state index contributed by atoms with van der Waals surface area (Å²) in [6, 6.07) is 20.9. The molecule has 2 heterocycles. The number of hydrogen-bond acceptors (Lipinski definition) is 5. The monoisotopic (exact) mass is 436 g/mol. The van der Waals surface area contributed by atoms with E-state index in [2.05, 4.69) is 60.4 Å². The van der Waals surface area contributed by atoms with E-state index in [-0.39, 0.29) is 5.91 Å². The van der Waals surface area contributed by atoms with Gasteiger partial charge in [0.1, 0.15) is 4.32 Å². The van der Waals surface area contributed by atoms with Crippen LogP contribution in [0.4, 0.5) is 0 Å². The van der Waals surface area contributed by atoms with E-state index in [0.29, 0.717) is 9.23 Å². The predicted octanol–water partition coefficient (Wildman–Crippen LogP) is 5.80. The highest BCUT2D eigenvalue weighted by Gasteiger charge is 2.30. The number of rotatable bonds is 4. The molecule has 0 saturated carbocycles. The molecule has 4 rings (SSSR count). The lowest BCUT2D eigenvalue weighted by molar-refractivity contribution is -0.121. The lowest BCUT2D eigenvalue weighted by Crippen LogP contribution is -2.22.